The zero-order valence-electron chi connectivity index (χ0n) is 13.0. The molecule has 0 radical (unpaired) electrons. The third kappa shape index (κ3) is 9.71. The van der Waals surface area contributed by atoms with Crippen molar-refractivity contribution in [3.05, 3.63) is 12.2 Å². The molecule has 0 aromatic rings. The third-order valence-corrected chi connectivity index (χ3v) is 3.60. The van der Waals surface area contributed by atoms with Crippen molar-refractivity contribution in [2.45, 2.75) is 58.3 Å². The second kappa shape index (κ2) is 11.0. The molecule has 0 saturated carbocycles. The number of carboxylic acid groups (broad SMARTS) is 1. The first-order valence-corrected chi connectivity index (χ1v) is 7.55. The summed E-state index contributed by atoms with van der Waals surface area (Å²) in [5.74, 6) is -0.708. The Morgan fingerprint density at radius 2 is 1.68 bits per heavy atom. The van der Waals surface area contributed by atoms with E-state index in [-0.39, 0.29) is 5.92 Å². The van der Waals surface area contributed by atoms with E-state index in [2.05, 4.69) is 18.4 Å². The van der Waals surface area contributed by atoms with Crippen molar-refractivity contribution in [2.75, 3.05) is 20.6 Å². The molecule has 3 nitrogen and oxygen atoms in total. The van der Waals surface area contributed by atoms with Gasteiger partial charge in [0, 0.05) is 5.57 Å². The van der Waals surface area contributed by atoms with Crippen LogP contribution in [0, 0.1) is 5.92 Å². The van der Waals surface area contributed by atoms with Gasteiger partial charge in [0.1, 0.15) is 0 Å². The van der Waals surface area contributed by atoms with Crippen molar-refractivity contribution < 1.29 is 9.90 Å². The molecule has 0 aliphatic rings. The SMILES string of the molecule is C=C(C(=O)O)C(CCCCCCCC)CCN(C)C. The summed E-state index contributed by atoms with van der Waals surface area (Å²) < 4.78 is 0. The van der Waals surface area contributed by atoms with Crippen LogP contribution in [0.15, 0.2) is 12.2 Å². The van der Waals surface area contributed by atoms with Gasteiger partial charge in [-0.25, -0.2) is 4.79 Å². The number of hydrogen-bond acceptors (Lipinski definition) is 2. The van der Waals surface area contributed by atoms with Crippen LogP contribution in [0.2, 0.25) is 0 Å². The Kier molecular flexibility index (Phi) is 10.6. The van der Waals surface area contributed by atoms with Gasteiger partial charge in [0.2, 0.25) is 0 Å². The van der Waals surface area contributed by atoms with Crippen molar-refractivity contribution in [1.82, 2.24) is 4.90 Å². The lowest BCUT2D eigenvalue weighted by Crippen LogP contribution is -2.20. The van der Waals surface area contributed by atoms with Crippen molar-refractivity contribution in [3.63, 3.8) is 0 Å². The summed E-state index contributed by atoms with van der Waals surface area (Å²) in [5, 5.41) is 9.08. The highest BCUT2D eigenvalue weighted by Gasteiger charge is 2.18. The Morgan fingerprint density at radius 1 is 1.11 bits per heavy atom. The number of unbranched alkanes of at least 4 members (excludes halogenated alkanes) is 5. The fourth-order valence-electron chi connectivity index (χ4n) is 2.25. The zero-order chi connectivity index (χ0) is 14.7. The largest absolute Gasteiger partial charge is 0.478 e. The van der Waals surface area contributed by atoms with Crippen molar-refractivity contribution >= 4 is 5.97 Å². The first-order valence-electron chi connectivity index (χ1n) is 7.55. The molecule has 1 unspecified atom stereocenters. The highest BCUT2D eigenvalue weighted by atomic mass is 16.4. The average Bonchev–Trinajstić information content (AvgIpc) is 2.35. The summed E-state index contributed by atoms with van der Waals surface area (Å²) in [5.41, 5.74) is 0.385. The first kappa shape index (κ1) is 18.2. The van der Waals surface area contributed by atoms with Gasteiger partial charge in [0.25, 0.3) is 0 Å². The van der Waals surface area contributed by atoms with E-state index in [9.17, 15) is 4.79 Å². The van der Waals surface area contributed by atoms with Crippen LogP contribution in [0.3, 0.4) is 0 Å². The van der Waals surface area contributed by atoms with Gasteiger partial charge >= 0.3 is 5.97 Å². The molecule has 0 rings (SSSR count). The maximum atomic E-state index is 11.0. The van der Waals surface area contributed by atoms with E-state index in [1.807, 2.05) is 14.1 Å². The smallest absolute Gasteiger partial charge is 0.331 e. The molecule has 0 fully saturated rings. The minimum absolute atomic E-state index is 0.131. The Labute approximate surface area is 118 Å². The number of aliphatic carboxylic acids is 1. The van der Waals surface area contributed by atoms with E-state index in [0.29, 0.717) is 5.57 Å². The lowest BCUT2D eigenvalue weighted by atomic mass is 9.90. The van der Waals surface area contributed by atoms with Crippen molar-refractivity contribution in [2.24, 2.45) is 5.92 Å². The first-order chi connectivity index (χ1) is 8.99. The van der Waals surface area contributed by atoms with Crippen molar-refractivity contribution in [1.29, 1.82) is 0 Å². The molecule has 0 aromatic heterocycles. The molecule has 0 heterocycles. The standard InChI is InChI=1S/C16H31NO2/c1-5-6-7-8-9-10-11-15(12-13-17(3)4)14(2)16(18)19/h15H,2,5-13H2,1,3-4H3,(H,18,19). The molecule has 1 N–H and O–H groups in total. The Bertz CT molecular complexity index is 261. The van der Waals surface area contributed by atoms with E-state index in [0.717, 1.165) is 25.8 Å². The van der Waals surface area contributed by atoms with Gasteiger partial charge in [0.05, 0.1) is 0 Å². The molecule has 0 bridgehead atoms. The summed E-state index contributed by atoms with van der Waals surface area (Å²) in [7, 11) is 4.04. The van der Waals surface area contributed by atoms with Gasteiger partial charge in [-0.05, 0) is 39.4 Å². The molecule has 0 amide bonds. The van der Waals surface area contributed by atoms with Crippen LogP contribution in [0.5, 0.6) is 0 Å². The average molecular weight is 269 g/mol. The Balaban J connectivity index is 3.98. The molecule has 19 heavy (non-hydrogen) atoms. The minimum atomic E-state index is -0.838. The zero-order valence-corrected chi connectivity index (χ0v) is 13.0. The molecule has 0 saturated heterocycles. The highest BCUT2D eigenvalue weighted by molar-refractivity contribution is 5.86. The van der Waals surface area contributed by atoms with Crippen LogP contribution in [-0.4, -0.2) is 36.6 Å². The quantitative estimate of drug-likeness (QED) is 0.431. The maximum Gasteiger partial charge on any atom is 0.331 e. The molecule has 1 atom stereocenters. The number of rotatable bonds is 12. The fraction of sp³-hybridized carbons (Fsp3) is 0.812. The molecule has 3 heteroatoms. The van der Waals surface area contributed by atoms with Crippen LogP contribution in [-0.2, 0) is 4.79 Å². The fourth-order valence-corrected chi connectivity index (χ4v) is 2.25. The van der Waals surface area contributed by atoms with E-state index >= 15 is 0 Å². The molecule has 0 aromatic carbocycles. The molecular formula is C16H31NO2. The van der Waals surface area contributed by atoms with Gasteiger partial charge in [-0.15, -0.1) is 0 Å². The summed E-state index contributed by atoms with van der Waals surface area (Å²) in [4.78, 5) is 13.1. The van der Waals surface area contributed by atoms with Gasteiger partial charge < -0.3 is 10.0 Å². The topological polar surface area (TPSA) is 40.5 Å². The molecule has 112 valence electrons. The van der Waals surface area contributed by atoms with Gasteiger partial charge in [-0.3, -0.25) is 0 Å². The van der Waals surface area contributed by atoms with E-state index in [1.165, 1.54) is 32.1 Å². The van der Waals surface area contributed by atoms with Crippen LogP contribution in [0.25, 0.3) is 0 Å². The van der Waals surface area contributed by atoms with E-state index < -0.39 is 5.97 Å². The minimum Gasteiger partial charge on any atom is -0.478 e. The third-order valence-electron chi connectivity index (χ3n) is 3.60. The number of hydrogen-bond donors (Lipinski definition) is 1. The maximum absolute atomic E-state index is 11.0. The molecule has 0 spiro atoms. The summed E-state index contributed by atoms with van der Waals surface area (Å²) >= 11 is 0. The summed E-state index contributed by atoms with van der Waals surface area (Å²) in [6.07, 6.45) is 9.34. The second-order valence-corrected chi connectivity index (χ2v) is 5.68. The highest BCUT2D eigenvalue weighted by Crippen LogP contribution is 2.22. The van der Waals surface area contributed by atoms with Crippen molar-refractivity contribution in [3.8, 4) is 0 Å². The van der Waals surface area contributed by atoms with Gasteiger partial charge in [-0.1, -0.05) is 52.0 Å². The van der Waals surface area contributed by atoms with Crippen LogP contribution in [0.4, 0.5) is 0 Å². The summed E-state index contributed by atoms with van der Waals surface area (Å²) in [6, 6.07) is 0. The second-order valence-electron chi connectivity index (χ2n) is 5.68. The Hall–Kier alpha value is -0.830. The number of carbonyl (C=O) groups is 1. The lowest BCUT2D eigenvalue weighted by molar-refractivity contribution is -0.133. The van der Waals surface area contributed by atoms with Gasteiger partial charge in [0.15, 0.2) is 0 Å². The van der Waals surface area contributed by atoms with Crippen LogP contribution in [0.1, 0.15) is 58.3 Å². The summed E-state index contributed by atoms with van der Waals surface area (Å²) in [6.45, 7) is 6.88. The molecular weight excluding hydrogens is 238 g/mol. The normalized spacial score (nSPS) is 12.6. The van der Waals surface area contributed by atoms with Gasteiger partial charge in [-0.2, -0.15) is 0 Å². The Morgan fingerprint density at radius 3 is 2.21 bits per heavy atom. The molecule has 0 aliphatic heterocycles. The molecule has 0 aliphatic carbocycles. The van der Waals surface area contributed by atoms with E-state index in [4.69, 9.17) is 5.11 Å². The number of carboxylic acids is 1. The van der Waals surface area contributed by atoms with E-state index in [1.54, 1.807) is 0 Å². The van der Waals surface area contributed by atoms with Crippen LogP contribution < -0.4 is 0 Å². The number of nitrogens with zero attached hydrogens (tertiary/aromatic N) is 1. The monoisotopic (exact) mass is 269 g/mol. The lowest BCUT2D eigenvalue weighted by Gasteiger charge is -2.19. The predicted octanol–water partition coefficient (Wildman–Crippen LogP) is 3.95. The predicted molar refractivity (Wildman–Crippen MR) is 81.4 cm³/mol. The van der Waals surface area contributed by atoms with Crippen LogP contribution >= 0.6 is 0 Å².